The number of rotatable bonds is 5. The van der Waals surface area contributed by atoms with Crippen LogP contribution in [0, 0.1) is 0 Å². The fourth-order valence-electron chi connectivity index (χ4n) is 1.32. The van der Waals surface area contributed by atoms with Gasteiger partial charge >= 0.3 is 0 Å². The number of methoxy groups -OCH3 is 1. The molecule has 1 N–H and O–H groups in total. The Morgan fingerprint density at radius 3 is 2.88 bits per heavy atom. The average molecular weight is 260 g/mol. The van der Waals surface area contributed by atoms with Crippen molar-refractivity contribution in [2.45, 2.75) is 13.5 Å². The molecule has 2 nitrogen and oxygen atoms in total. The van der Waals surface area contributed by atoms with E-state index in [9.17, 15) is 0 Å². The zero-order valence-corrected chi connectivity index (χ0v) is 10.9. The van der Waals surface area contributed by atoms with Gasteiger partial charge in [0.1, 0.15) is 5.75 Å². The van der Waals surface area contributed by atoms with Gasteiger partial charge in [-0.25, -0.2) is 0 Å². The van der Waals surface area contributed by atoms with Gasteiger partial charge < -0.3 is 10.1 Å². The van der Waals surface area contributed by atoms with Gasteiger partial charge in [-0.15, -0.1) is 0 Å². The lowest BCUT2D eigenvalue weighted by Crippen LogP contribution is -2.16. The van der Waals surface area contributed by atoms with Crippen molar-refractivity contribution in [3.8, 4) is 5.75 Å². The predicted molar refractivity (Wildman–Crippen MR) is 69.3 cm³/mol. The molecule has 0 bridgehead atoms. The van der Waals surface area contributed by atoms with E-state index in [-0.39, 0.29) is 0 Å². The standard InChI is InChI=1S/C12H15Cl2NO/c1-9(6-13)7-15-8-10-11(14)4-3-5-12(10)16-2/h3-6,15H,7-8H2,1-2H3/b9-6+. The number of hydrogen-bond donors (Lipinski definition) is 1. The van der Waals surface area contributed by atoms with Crippen molar-refractivity contribution < 1.29 is 4.74 Å². The van der Waals surface area contributed by atoms with Crippen LogP contribution < -0.4 is 10.1 Å². The fourth-order valence-corrected chi connectivity index (χ4v) is 1.63. The molecule has 0 radical (unpaired) electrons. The van der Waals surface area contributed by atoms with Crippen LogP contribution in [0.3, 0.4) is 0 Å². The second kappa shape index (κ2) is 6.79. The largest absolute Gasteiger partial charge is 0.496 e. The third kappa shape index (κ3) is 3.71. The maximum Gasteiger partial charge on any atom is 0.124 e. The molecule has 16 heavy (non-hydrogen) atoms. The summed E-state index contributed by atoms with van der Waals surface area (Å²) in [4.78, 5) is 0. The highest BCUT2D eigenvalue weighted by atomic mass is 35.5. The molecule has 0 fully saturated rings. The average Bonchev–Trinajstić information content (AvgIpc) is 2.30. The lowest BCUT2D eigenvalue weighted by molar-refractivity contribution is 0.408. The van der Waals surface area contributed by atoms with E-state index in [0.717, 1.165) is 23.4 Å². The van der Waals surface area contributed by atoms with Gasteiger partial charge in [-0.1, -0.05) is 29.3 Å². The van der Waals surface area contributed by atoms with Crippen LogP contribution in [0.1, 0.15) is 12.5 Å². The van der Waals surface area contributed by atoms with Crippen LogP contribution in [0.15, 0.2) is 29.3 Å². The number of nitrogens with one attached hydrogen (secondary N) is 1. The third-order valence-electron chi connectivity index (χ3n) is 2.19. The topological polar surface area (TPSA) is 21.3 Å². The molecule has 4 heteroatoms. The lowest BCUT2D eigenvalue weighted by atomic mass is 10.2. The molecule has 0 atom stereocenters. The Balaban J connectivity index is 2.66. The molecular formula is C12H15Cl2NO. The third-order valence-corrected chi connectivity index (χ3v) is 2.91. The quantitative estimate of drug-likeness (QED) is 0.873. The molecule has 0 saturated carbocycles. The minimum Gasteiger partial charge on any atom is -0.496 e. The first-order chi connectivity index (χ1) is 7.69. The Morgan fingerprint density at radius 2 is 2.25 bits per heavy atom. The Hall–Kier alpha value is -0.700. The summed E-state index contributed by atoms with van der Waals surface area (Å²) >= 11 is 11.7. The Morgan fingerprint density at radius 1 is 1.50 bits per heavy atom. The zero-order chi connectivity index (χ0) is 12.0. The number of ether oxygens (including phenoxy) is 1. The molecule has 1 aromatic rings. The summed E-state index contributed by atoms with van der Waals surface area (Å²) in [5, 5.41) is 3.96. The van der Waals surface area contributed by atoms with Gasteiger partial charge in [0.25, 0.3) is 0 Å². The zero-order valence-electron chi connectivity index (χ0n) is 9.39. The van der Waals surface area contributed by atoms with E-state index in [4.69, 9.17) is 27.9 Å². The van der Waals surface area contributed by atoms with Gasteiger partial charge in [0.05, 0.1) is 7.11 Å². The van der Waals surface area contributed by atoms with Crippen molar-refractivity contribution in [1.29, 1.82) is 0 Å². The van der Waals surface area contributed by atoms with Crippen molar-refractivity contribution in [2.24, 2.45) is 0 Å². The number of halogens is 2. The normalized spacial score (nSPS) is 11.6. The van der Waals surface area contributed by atoms with Crippen LogP contribution in [-0.4, -0.2) is 13.7 Å². The summed E-state index contributed by atoms with van der Waals surface area (Å²) in [5.41, 5.74) is 3.61. The minimum absolute atomic E-state index is 0.658. The molecular weight excluding hydrogens is 245 g/mol. The second-order valence-electron chi connectivity index (χ2n) is 3.48. The smallest absolute Gasteiger partial charge is 0.124 e. The van der Waals surface area contributed by atoms with Gasteiger partial charge in [0, 0.05) is 29.2 Å². The van der Waals surface area contributed by atoms with Gasteiger partial charge in [0.15, 0.2) is 0 Å². The van der Waals surface area contributed by atoms with E-state index in [1.807, 2.05) is 25.1 Å². The lowest BCUT2D eigenvalue weighted by Gasteiger charge is -2.11. The summed E-state index contributed by atoms with van der Waals surface area (Å²) in [6.07, 6.45) is 0. The molecule has 0 spiro atoms. The minimum atomic E-state index is 0.658. The van der Waals surface area contributed by atoms with Crippen molar-refractivity contribution in [3.05, 3.63) is 39.9 Å². The summed E-state index contributed by atoms with van der Waals surface area (Å²) in [7, 11) is 1.64. The van der Waals surface area contributed by atoms with Crippen molar-refractivity contribution in [1.82, 2.24) is 5.32 Å². The molecule has 0 heterocycles. The molecule has 0 amide bonds. The molecule has 88 valence electrons. The molecule has 0 aliphatic heterocycles. The van der Waals surface area contributed by atoms with E-state index >= 15 is 0 Å². The second-order valence-corrected chi connectivity index (χ2v) is 4.11. The molecule has 1 aromatic carbocycles. The van der Waals surface area contributed by atoms with Crippen LogP contribution in [0.4, 0.5) is 0 Å². The molecule has 0 aromatic heterocycles. The maximum absolute atomic E-state index is 6.10. The Bertz CT molecular complexity index is 377. The van der Waals surface area contributed by atoms with Gasteiger partial charge in [0.2, 0.25) is 0 Å². The van der Waals surface area contributed by atoms with Crippen LogP contribution in [0.2, 0.25) is 5.02 Å². The molecule has 0 aliphatic rings. The first-order valence-electron chi connectivity index (χ1n) is 4.97. The van der Waals surface area contributed by atoms with Crippen LogP contribution >= 0.6 is 23.2 Å². The molecule has 0 aliphatic carbocycles. The van der Waals surface area contributed by atoms with Crippen molar-refractivity contribution in [2.75, 3.05) is 13.7 Å². The Labute approximate surface area is 106 Å². The van der Waals surface area contributed by atoms with Crippen molar-refractivity contribution in [3.63, 3.8) is 0 Å². The maximum atomic E-state index is 6.10. The monoisotopic (exact) mass is 259 g/mol. The number of hydrogen-bond acceptors (Lipinski definition) is 2. The van der Waals surface area contributed by atoms with E-state index in [2.05, 4.69) is 5.32 Å². The van der Waals surface area contributed by atoms with Crippen molar-refractivity contribution >= 4 is 23.2 Å². The SMILES string of the molecule is COc1cccc(Cl)c1CNC/C(C)=C/Cl. The van der Waals surface area contributed by atoms with Gasteiger partial charge in [-0.2, -0.15) is 0 Å². The van der Waals surface area contributed by atoms with Gasteiger partial charge in [-0.05, 0) is 24.6 Å². The van der Waals surface area contributed by atoms with Gasteiger partial charge in [-0.3, -0.25) is 0 Å². The van der Waals surface area contributed by atoms with E-state index in [0.29, 0.717) is 11.6 Å². The molecule has 0 saturated heterocycles. The summed E-state index contributed by atoms with van der Waals surface area (Å²) in [6, 6.07) is 5.62. The number of benzene rings is 1. The highest BCUT2D eigenvalue weighted by Gasteiger charge is 2.06. The first kappa shape index (κ1) is 13.4. The highest BCUT2D eigenvalue weighted by molar-refractivity contribution is 6.31. The van der Waals surface area contributed by atoms with E-state index in [1.165, 1.54) is 0 Å². The summed E-state index contributed by atoms with van der Waals surface area (Å²) < 4.78 is 5.24. The Kier molecular flexibility index (Phi) is 5.67. The molecule has 1 rings (SSSR count). The van der Waals surface area contributed by atoms with Crippen LogP contribution in [0.25, 0.3) is 0 Å². The predicted octanol–water partition coefficient (Wildman–Crippen LogP) is 3.58. The molecule has 0 unspecified atom stereocenters. The van der Waals surface area contributed by atoms with E-state index in [1.54, 1.807) is 12.6 Å². The summed E-state index contributed by atoms with van der Waals surface area (Å²) in [6.45, 7) is 3.35. The first-order valence-corrected chi connectivity index (χ1v) is 5.78. The highest BCUT2D eigenvalue weighted by Crippen LogP contribution is 2.25. The van der Waals surface area contributed by atoms with E-state index < -0.39 is 0 Å². The summed E-state index contributed by atoms with van der Waals surface area (Å²) in [5.74, 6) is 0.799. The fraction of sp³-hybridized carbons (Fsp3) is 0.333. The van der Waals surface area contributed by atoms with Crippen LogP contribution in [0.5, 0.6) is 5.75 Å². The van der Waals surface area contributed by atoms with Crippen LogP contribution in [-0.2, 0) is 6.54 Å².